The van der Waals surface area contributed by atoms with Crippen LogP contribution < -0.4 is 11.2 Å². The first-order valence-corrected chi connectivity index (χ1v) is 5.67. The molecule has 3 atom stereocenters. The lowest BCUT2D eigenvalue weighted by atomic mass is 9.86. The van der Waals surface area contributed by atoms with Gasteiger partial charge >= 0.3 is 0 Å². The van der Waals surface area contributed by atoms with E-state index in [9.17, 15) is 0 Å². The van der Waals surface area contributed by atoms with Gasteiger partial charge in [-0.15, -0.1) is 0 Å². The molecule has 0 saturated heterocycles. The molecule has 2 aliphatic rings. The quantitative estimate of drug-likeness (QED) is 0.415. The Balaban J connectivity index is 1.95. The molecule has 3 N–H and O–H groups in total. The lowest BCUT2D eigenvalue weighted by Crippen LogP contribution is -2.28. The van der Waals surface area contributed by atoms with Gasteiger partial charge in [-0.1, -0.05) is 6.42 Å². The van der Waals surface area contributed by atoms with E-state index in [0.29, 0.717) is 5.92 Å². The van der Waals surface area contributed by atoms with Crippen LogP contribution in [0, 0.1) is 17.8 Å². The summed E-state index contributed by atoms with van der Waals surface area (Å²) in [6.45, 7) is 2.08. The summed E-state index contributed by atoms with van der Waals surface area (Å²) in [6.07, 6.45) is 5.54. The first-order valence-electron chi connectivity index (χ1n) is 5.26. The number of hydrogen-bond acceptors (Lipinski definition) is 2. The van der Waals surface area contributed by atoms with Crippen LogP contribution >= 0.6 is 12.2 Å². The number of rotatable bonds is 2. The predicted octanol–water partition coefficient (Wildman–Crippen LogP) is 1.63. The molecule has 4 heteroatoms. The van der Waals surface area contributed by atoms with Gasteiger partial charge in [0.25, 0.3) is 0 Å². The van der Waals surface area contributed by atoms with E-state index in [0.717, 1.165) is 11.8 Å². The smallest absolute Gasteiger partial charge is 0.184 e. The van der Waals surface area contributed by atoms with Crippen molar-refractivity contribution >= 4 is 23.0 Å². The van der Waals surface area contributed by atoms with Crippen molar-refractivity contribution in [3.05, 3.63) is 0 Å². The van der Waals surface area contributed by atoms with Crippen LogP contribution in [0.1, 0.15) is 32.6 Å². The summed E-state index contributed by atoms with van der Waals surface area (Å²) in [5.41, 5.74) is 9.18. The number of hydrazone groups is 1. The third-order valence-corrected chi connectivity index (χ3v) is 3.71. The Bertz CT molecular complexity index is 275. The second-order valence-corrected chi connectivity index (χ2v) is 4.95. The molecule has 0 unspecified atom stereocenters. The van der Waals surface area contributed by atoms with Crippen LogP contribution in [-0.4, -0.2) is 10.8 Å². The first kappa shape index (κ1) is 9.90. The maximum absolute atomic E-state index is 5.33. The highest BCUT2D eigenvalue weighted by Gasteiger charge is 2.40. The predicted molar refractivity (Wildman–Crippen MR) is 62.0 cm³/mol. The SMILES string of the molecule is C/C(=N/NC(N)=S)[C@@H]1C[C@@H]2CC[C@@H]1C2. The summed E-state index contributed by atoms with van der Waals surface area (Å²) < 4.78 is 0. The average Bonchev–Trinajstić information content (AvgIpc) is 2.74. The van der Waals surface area contributed by atoms with Crippen LogP contribution in [0.4, 0.5) is 0 Å². The standard InChI is InChI=1S/C10H17N3S/c1-6(12-13-10(11)14)9-5-7-2-3-8(9)4-7/h7-9H,2-5H2,1H3,(H3,11,13,14)/b12-6-/t7-,8-,9+/m1/s1. The molecular formula is C10H17N3S. The molecular weight excluding hydrogens is 194 g/mol. The Morgan fingerprint density at radius 3 is 2.71 bits per heavy atom. The molecule has 0 aromatic carbocycles. The second kappa shape index (κ2) is 3.85. The lowest BCUT2D eigenvalue weighted by Gasteiger charge is -2.21. The van der Waals surface area contributed by atoms with Crippen molar-refractivity contribution in [3.8, 4) is 0 Å². The molecule has 0 amide bonds. The molecule has 0 aliphatic heterocycles. The zero-order valence-electron chi connectivity index (χ0n) is 8.49. The van der Waals surface area contributed by atoms with E-state index in [4.69, 9.17) is 18.0 Å². The topological polar surface area (TPSA) is 50.4 Å². The van der Waals surface area contributed by atoms with Gasteiger partial charge in [0.1, 0.15) is 0 Å². The molecule has 2 aliphatic carbocycles. The van der Waals surface area contributed by atoms with Crippen LogP contribution in [0.25, 0.3) is 0 Å². The number of nitrogens with zero attached hydrogens (tertiary/aromatic N) is 1. The van der Waals surface area contributed by atoms with E-state index in [2.05, 4.69) is 17.5 Å². The number of hydrogen-bond donors (Lipinski definition) is 2. The highest BCUT2D eigenvalue weighted by Crippen LogP contribution is 2.48. The van der Waals surface area contributed by atoms with Gasteiger partial charge < -0.3 is 5.73 Å². The molecule has 3 nitrogen and oxygen atoms in total. The molecule has 0 radical (unpaired) electrons. The van der Waals surface area contributed by atoms with Crippen LogP contribution in [0.15, 0.2) is 5.10 Å². The highest BCUT2D eigenvalue weighted by molar-refractivity contribution is 7.80. The van der Waals surface area contributed by atoms with Gasteiger partial charge in [0.05, 0.1) is 0 Å². The van der Waals surface area contributed by atoms with Crippen molar-refractivity contribution in [3.63, 3.8) is 0 Å². The van der Waals surface area contributed by atoms with Crippen molar-refractivity contribution in [2.24, 2.45) is 28.6 Å². The largest absolute Gasteiger partial charge is 0.375 e. The van der Waals surface area contributed by atoms with Gasteiger partial charge in [0.15, 0.2) is 5.11 Å². The van der Waals surface area contributed by atoms with E-state index in [1.54, 1.807) is 0 Å². The van der Waals surface area contributed by atoms with Crippen molar-refractivity contribution in [1.29, 1.82) is 0 Å². The van der Waals surface area contributed by atoms with Crippen LogP contribution in [0.5, 0.6) is 0 Å². The summed E-state index contributed by atoms with van der Waals surface area (Å²) in [5.74, 6) is 2.51. The van der Waals surface area contributed by atoms with Crippen LogP contribution in [0.3, 0.4) is 0 Å². The normalized spacial score (nSPS) is 36.1. The molecule has 2 bridgehead atoms. The minimum Gasteiger partial charge on any atom is -0.375 e. The minimum absolute atomic E-state index is 0.257. The van der Waals surface area contributed by atoms with E-state index in [1.807, 2.05) is 0 Å². The van der Waals surface area contributed by atoms with E-state index in [1.165, 1.54) is 31.4 Å². The van der Waals surface area contributed by atoms with E-state index < -0.39 is 0 Å². The maximum Gasteiger partial charge on any atom is 0.184 e. The average molecular weight is 211 g/mol. The Morgan fingerprint density at radius 1 is 1.43 bits per heavy atom. The van der Waals surface area contributed by atoms with Crippen molar-refractivity contribution in [2.45, 2.75) is 32.6 Å². The van der Waals surface area contributed by atoms with Crippen LogP contribution in [-0.2, 0) is 0 Å². The second-order valence-electron chi connectivity index (χ2n) is 4.51. The Hall–Kier alpha value is -0.640. The Morgan fingerprint density at radius 2 is 2.21 bits per heavy atom. The summed E-state index contributed by atoms with van der Waals surface area (Å²) >= 11 is 4.71. The van der Waals surface area contributed by atoms with Crippen molar-refractivity contribution in [2.75, 3.05) is 0 Å². The van der Waals surface area contributed by atoms with Gasteiger partial charge in [0, 0.05) is 11.6 Å². The molecule has 0 spiro atoms. The summed E-state index contributed by atoms with van der Waals surface area (Å²) in [6, 6.07) is 0. The molecule has 2 rings (SSSR count). The number of nitrogens with two attached hydrogens (primary N) is 1. The third kappa shape index (κ3) is 1.90. The number of nitrogens with one attached hydrogen (secondary N) is 1. The van der Waals surface area contributed by atoms with E-state index in [-0.39, 0.29) is 5.11 Å². The van der Waals surface area contributed by atoms with Gasteiger partial charge in [-0.3, -0.25) is 5.43 Å². The molecule has 0 heterocycles. The first-order chi connectivity index (χ1) is 6.66. The Labute approximate surface area is 90.1 Å². The molecule has 0 aromatic rings. The molecule has 2 saturated carbocycles. The van der Waals surface area contributed by atoms with Crippen molar-refractivity contribution < 1.29 is 0 Å². The van der Waals surface area contributed by atoms with Gasteiger partial charge in [0.2, 0.25) is 0 Å². The summed E-state index contributed by atoms with van der Waals surface area (Å²) in [5, 5.41) is 4.48. The fourth-order valence-corrected chi connectivity index (χ4v) is 3.03. The number of thiocarbonyl (C=S) groups is 1. The van der Waals surface area contributed by atoms with Gasteiger partial charge in [-0.25, -0.2) is 0 Å². The molecule has 2 fully saturated rings. The molecule has 78 valence electrons. The molecule has 0 aromatic heterocycles. The van der Waals surface area contributed by atoms with E-state index >= 15 is 0 Å². The fourth-order valence-electron chi connectivity index (χ4n) is 2.98. The Kier molecular flexibility index (Phi) is 2.72. The lowest BCUT2D eigenvalue weighted by molar-refractivity contribution is 0.413. The zero-order valence-corrected chi connectivity index (χ0v) is 9.31. The third-order valence-electron chi connectivity index (χ3n) is 3.62. The maximum atomic E-state index is 5.33. The monoisotopic (exact) mass is 211 g/mol. The fraction of sp³-hybridized carbons (Fsp3) is 0.800. The van der Waals surface area contributed by atoms with Crippen LogP contribution in [0.2, 0.25) is 0 Å². The van der Waals surface area contributed by atoms with Crippen molar-refractivity contribution in [1.82, 2.24) is 5.43 Å². The van der Waals surface area contributed by atoms with Gasteiger partial charge in [-0.05, 0) is 50.2 Å². The van der Waals surface area contributed by atoms with Gasteiger partial charge in [-0.2, -0.15) is 5.10 Å². The summed E-state index contributed by atoms with van der Waals surface area (Å²) in [7, 11) is 0. The number of fused-ring (bicyclic) bond motifs is 2. The molecule has 14 heavy (non-hydrogen) atoms. The minimum atomic E-state index is 0.257. The zero-order chi connectivity index (χ0) is 10.1. The summed E-state index contributed by atoms with van der Waals surface area (Å²) in [4.78, 5) is 0. The highest BCUT2D eigenvalue weighted by atomic mass is 32.1.